The van der Waals surface area contributed by atoms with Crippen LogP contribution in [0.15, 0.2) is 73.3 Å². The molecule has 184 valence electrons. The van der Waals surface area contributed by atoms with Crippen molar-refractivity contribution in [2.24, 2.45) is 11.5 Å². The summed E-state index contributed by atoms with van der Waals surface area (Å²) >= 11 is 0. The van der Waals surface area contributed by atoms with Crippen LogP contribution < -0.4 is 11.5 Å². The SMILES string of the molecule is Cc1cn(-c2cc(C/C=C(\C=C/N)c3ccc(C(C)F)cc3)cc(CN3CCCC(N)C3)c2)cn1. The van der Waals surface area contributed by atoms with Crippen molar-refractivity contribution < 1.29 is 4.39 Å². The first-order valence-electron chi connectivity index (χ1n) is 12.4. The third-order valence-corrected chi connectivity index (χ3v) is 6.53. The van der Waals surface area contributed by atoms with Gasteiger partial charge < -0.3 is 16.0 Å². The van der Waals surface area contributed by atoms with Gasteiger partial charge in [-0.25, -0.2) is 9.37 Å². The average molecular weight is 474 g/mol. The number of nitrogens with two attached hydrogens (primary N) is 2. The lowest BCUT2D eigenvalue weighted by molar-refractivity contribution is 0.201. The lowest BCUT2D eigenvalue weighted by Gasteiger charge is -2.30. The smallest absolute Gasteiger partial charge is 0.122 e. The number of rotatable bonds is 8. The minimum atomic E-state index is -0.982. The molecule has 0 aliphatic carbocycles. The Kier molecular flexibility index (Phi) is 8.16. The number of allylic oxidation sites excluding steroid dienone is 3. The molecule has 0 spiro atoms. The van der Waals surface area contributed by atoms with Crippen LogP contribution in [0.1, 0.15) is 53.9 Å². The Balaban J connectivity index is 1.62. The zero-order valence-electron chi connectivity index (χ0n) is 20.7. The number of imidazole rings is 1. The molecule has 0 radical (unpaired) electrons. The highest BCUT2D eigenvalue weighted by Crippen LogP contribution is 2.24. The molecule has 0 saturated carbocycles. The fraction of sp³-hybridized carbons (Fsp3) is 0.345. The van der Waals surface area contributed by atoms with Crippen molar-refractivity contribution in [1.29, 1.82) is 0 Å². The van der Waals surface area contributed by atoms with E-state index >= 15 is 0 Å². The molecular weight excluding hydrogens is 437 g/mol. The van der Waals surface area contributed by atoms with Gasteiger partial charge in [0.15, 0.2) is 0 Å². The minimum Gasteiger partial charge on any atom is -0.405 e. The number of aryl methyl sites for hydroxylation is 1. The first-order chi connectivity index (χ1) is 16.9. The van der Waals surface area contributed by atoms with Gasteiger partial charge in [-0.15, -0.1) is 0 Å². The summed E-state index contributed by atoms with van der Waals surface area (Å²) < 4.78 is 15.7. The Morgan fingerprint density at radius 3 is 2.63 bits per heavy atom. The van der Waals surface area contributed by atoms with Crippen LogP contribution in [0.2, 0.25) is 0 Å². The summed E-state index contributed by atoms with van der Waals surface area (Å²) in [5, 5.41) is 0. The quantitative estimate of drug-likeness (QED) is 0.439. The van der Waals surface area contributed by atoms with E-state index in [9.17, 15) is 4.39 Å². The summed E-state index contributed by atoms with van der Waals surface area (Å²) in [6, 6.07) is 14.6. The topological polar surface area (TPSA) is 73.1 Å². The molecule has 1 fully saturated rings. The lowest BCUT2D eigenvalue weighted by Crippen LogP contribution is -2.42. The van der Waals surface area contributed by atoms with Gasteiger partial charge in [-0.1, -0.05) is 36.4 Å². The van der Waals surface area contributed by atoms with Crippen LogP contribution in [-0.2, 0) is 13.0 Å². The summed E-state index contributed by atoms with van der Waals surface area (Å²) in [6.45, 7) is 6.44. The van der Waals surface area contributed by atoms with Crippen LogP contribution >= 0.6 is 0 Å². The van der Waals surface area contributed by atoms with Crippen LogP contribution in [0.4, 0.5) is 4.39 Å². The van der Waals surface area contributed by atoms with E-state index in [1.54, 1.807) is 13.1 Å². The van der Waals surface area contributed by atoms with Crippen LogP contribution in [-0.4, -0.2) is 33.6 Å². The Bertz CT molecular complexity index is 1180. The van der Waals surface area contributed by atoms with Gasteiger partial charge in [-0.3, -0.25) is 4.90 Å². The van der Waals surface area contributed by atoms with Crippen molar-refractivity contribution in [3.63, 3.8) is 0 Å². The number of hydrogen-bond acceptors (Lipinski definition) is 4. The minimum absolute atomic E-state index is 0.253. The molecular formula is C29H36FN5. The van der Waals surface area contributed by atoms with Crippen LogP contribution in [0.3, 0.4) is 0 Å². The Hall–Kier alpha value is -3.22. The number of benzene rings is 2. The van der Waals surface area contributed by atoms with E-state index in [0.717, 1.165) is 61.4 Å². The summed E-state index contributed by atoms with van der Waals surface area (Å²) in [4.78, 5) is 6.86. The number of piperidine rings is 1. The maximum absolute atomic E-state index is 13.6. The maximum atomic E-state index is 13.6. The molecule has 2 unspecified atom stereocenters. The summed E-state index contributed by atoms with van der Waals surface area (Å²) in [6.07, 6.45) is 11.5. The average Bonchev–Trinajstić information content (AvgIpc) is 3.28. The van der Waals surface area contributed by atoms with E-state index in [4.69, 9.17) is 11.5 Å². The zero-order chi connectivity index (χ0) is 24.8. The number of hydrogen-bond donors (Lipinski definition) is 2. The van der Waals surface area contributed by atoms with Gasteiger partial charge in [0.1, 0.15) is 6.17 Å². The standard InChI is InChI=1S/C29H36FN5/c1-21-17-35(20-33-21)29-15-23(14-24(16-29)18-34-13-3-4-28(32)19-34)5-6-27(11-12-31)26-9-7-25(8-10-26)22(2)30/h6-12,14-17,20,22,28H,3-5,13,18-19,31-32H2,1-2H3/b12-11-,27-6+. The molecule has 4 rings (SSSR count). The second kappa shape index (κ2) is 11.5. The molecule has 2 atom stereocenters. The van der Waals surface area contributed by atoms with E-state index in [1.807, 2.05) is 49.8 Å². The van der Waals surface area contributed by atoms with E-state index in [-0.39, 0.29) is 6.04 Å². The molecule has 35 heavy (non-hydrogen) atoms. The number of likely N-dealkylation sites (tertiary alicyclic amines) is 1. The molecule has 1 aliphatic rings. The van der Waals surface area contributed by atoms with E-state index in [1.165, 1.54) is 11.1 Å². The van der Waals surface area contributed by atoms with Crippen molar-refractivity contribution >= 4 is 5.57 Å². The fourth-order valence-electron chi connectivity index (χ4n) is 4.71. The van der Waals surface area contributed by atoms with E-state index < -0.39 is 6.17 Å². The number of halogens is 1. The van der Waals surface area contributed by atoms with Gasteiger partial charge in [-0.05, 0) is 91.9 Å². The van der Waals surface area contributed by atoms with E-state index in [0.29, 0.717) is 5.56 Å². The molecule has 0 amide bonds. The fourth-order valence-corrected chi connectivity index (χ4v) is 4.71. The Labute approximate surface area is 208 Å². The Morgan fingerprint density at radius 2 is 1.97 bits per heavy atom. The van der Waals surface area contributed by atoms with Crippen molar-refractivity contribution in [3.8, 4) is 5.69 Å². The van der Waals surface area contributed by atoms with Crippen LogP contribution in [0, 0.1) is 6.92 Å². The van der Waals surface area contributed by atoms with Crippen molar-refractivity contribution in [2.45, 2.75) is 51.9 Å². The van der Waals surface area contributed by atoms with Gasteiger partial charge in [0.2, 0.25) is 0 Å². The normalized spacial score (nSPS) is 18.3. The summed E-state index contributed by atoms with van der Waals surface area (Å²) in [5.74, 6) is 0. The first kappa shape index (κ1) is 24.9. The number of nitrogens with zero attached hydrogens (tertiary/aromatic N) is 3. The highest BCUT2D eigenvalue weighted by molar-refractivity contribution is 5.74. The molecule has 0 bridgehead atoms. The van der Waals surface area contributed by atoms with Crippen LogP contribution in [0.5, 0.6) is 0 Å². The van der Waals surface area contributed by atoms with Gasteiger partial charge in [0.05, 0.1) is 12.0 Å². The molecule has 1 aliphatic heterocycles. The van der Waals surface area contributed by atoms with Gasteiger partial charge in [0.25, 0.3) is 0 Å². The molecule has 3 aromatic rings. The second-order valence-corrected chi connectivity index (χ2v) is 9.53. The molecule has 1 saturated heterocycles. The van der Waals surface area contributed by atoms with E-state index in [2.05, 4.69) is 38.7 Å². The van der Waals surface area contributed by atoms with Gasteiger partial charge >= 0.3 is 0 Å². The van der Waals surface area contributed by atoms with Crippen LogP contribution in [0.25, 0.3) is 11.3 Å². The highest BCUT2D eigenvalue weighted by atomic mass is 19.1. The highest BCUT2D eigenvalue weighted by Gasteiger charge is 2.17. The summed E-state index contributed by atoms with van der Waals surface area (Å²) in [5.41, 5.74) is 19.2. The Morgan fingerprint density at radius 1 is 1.20 bits per heavy atom. The van der Waals surface area contributed by atoms with Gasteiger partial charge in [0, 0.05) is 31.0 Å². The lowest BCUT2D eigenvalue weighted by atomic mass is 9.99. The predicted octanol–water partition coefficient (Wildman–Crippen LogP) is 5.23. The predicted molar refractivity (Wildman–Crippen MR) is 142 cm³/mol. The molecule has 1 aromatic heterocycles. The monoisotopic (exact) mass is 473 g/mol. The van der Waals surface area contributed by atoms with Crippen molar-refractivity contribution in [1.82, 2.24) is 14.5 Å². The molecule has 4 N–H and O–H groups in total. The third-order valence-electron chi connectivity index (χ3n) is 6.53. The zero-order valence-corrected chi connectivity index (χ0v) is 20.7. The number of aromatic nitrogens is 2. The third kappa shape index (κ3) is 6.68. The van der Waals surface area contributed by atoms with Crippen molar-refractivity contribution in [3.05, 3.63) is 101 Å². The largest absolute Gasteiger partial charge is 0.405 e. The summed E-state index contributed by atoms with van der Waals surface area (Å²) in [7, 11) is 0. The molecule has 5 nitrogen and oxygen atoms in total. The molecule has 2 heterocycles. The second-order valence-electron chi connectivity index (χ2n) is 9.53. The maximum Gasteiger partial charge on any atom is 0.122 e. The molecule has 6 heteroatoms. The first-order valence-corrected chi connectivity index (χ1v) is 12.4. The molecule has 2 aromatic carbocycles. The number of alkyl halides is 1. The van der Waals surface area contributed by atoms with Gasteiger partial charge in [-0.2, -0.15) is 0 Å². The van der Waals surface area contributed by atoms with Crippen molar-refractivity contribution in [2.75, 3.05) is 13.1 Å².